The molecule has 0 radical (unpaired) electrons. The molecule has 2 aromatic carbocycles. The molecule has 3 rings (SSSR count). The van der Waals surface area contributed by atoms with Gasteiger partial charge in [-0.1, -0.05) is 36.4 Å². The van der Waals surface area contributed by atoms with Crippen LogP contribution in [0.15, 0.2) is 48.5 Å². The average Bonchev–Trinajstić information content (AvgIpc) is 2.70. The third-order valence-electron chi connectivity index (χ3n) is 4.64. The summed E-state index contributed by atoms with van der Waals surface area (Å²) in [5.41, 5.74) is 10.2. The molecule has 1 aliphatic heterocycles. The van der Waals surface area contributed by atoms with Crippen LogP contribution in [-0.4, -0.2) is 38.0 Å². The van der Waals surface area contributed by atoms with E-state index in [-0.39, 0.29) is 11.8 Å². The van der Waals surface area contributed by atoms with Crippen molar-refractivity contribution < 1.29 is 4.79 Å². The SMILES string of the molecule is CN(C)CCCN1c2ccccc2C[C@@H](C(N)=O)c2ccccc21. The first-order valence-electron chi connectivity index (χ1n) is 8.46. The molecule has 0 aliphatic carbocycles. The first-order chi connectivity index (χ1) is 11.6. The molecule has 1 aliphatic rings. The van der Waals surface area contributed by atoms with Crippen LogP contribution in [0.5, 0.6) is 0 Å². The molecule has 1 heterocycles. The van der Waals surface area contributed by atoms with Crippen molar-refractivity contribution in [2.75, 3.05) is 32.1 Å². The fraction of sp³-hybridized carbons (Fsp3) is 0.350. The summed E-state index contributed by atoms with van der Waals surface area (Å²) in [6.07, 6.45) is 1.71. The zero-order chi connectivity index (χ0) is 17.1. The summed E-state index contributed by atoms with van der Waals surface area (Å²) in [7, 11) is 4.18. The summed E-state index contributed by atoms with van der Waals surface area (Å²) in [4.78, 5) is 16.6. The van der Waals surface area contributed by atoms with Gasteiger partial charge in [0.25, 0.3) is 0 Å². The van der Waals surface area contributed by atoms with Crippen molar-refractivity contribution in [3.8, 4) is 0 Å². The van der Waals surface area contributed by atoms with Crippen LogP contribution in [0.1, 0.15) is 23.5 Å². The number of para-hydroxylation sites is 2. The van der Waals surface area contributed by atoms with Gasteiger partial charge in [-0.15, -0.1) is 0 Å². The number of fused-ring (bicyclic) bond motifs is 2. The molecule has 0 fully saturated rings. The van der Waals surface area contributed by atoms with Crippen LogP contribution >= 0.6 is 0 Å². The van der Waals surface area contributed by atoms with Gasteiger partial charge in [-0.3, -0.25) is 4.79 Å². The van der Waals surface area contributed by atoms with E-state index in [1.54, 1.807) is 0 Å². The Kier molecular flexibility index (Phi) is 4.86. The van der Waals surface area contributed by atoms with Gasteiger partial charge in [0.15, 0.2) is 0 Å². The lowest BCUT2D eigenvalue weighted by Gasteiger charge is -2.27. The van der Waals surface area contributed by atoms with Gasteiger partial charge in [-0.25, -0.2) is 0 Å². The Hall–Kier alpha value is -2.33. The van der Waals surface area contributed by atoms with Crippen LogP contribution in [0.25, 0.3) is 0 Å². The van der Waals surface area contributed by atoms with E-state index in [2.05, 4.69) is 48.2 Å². The second-order valence-electron chi connectivity index (χ2n) is 6.66. The highest BCUT2D eigenvalue weighted by atomic mass is 16.1. The molecule has 1 amide bonds. The number of benzene rings is 2. The van der Waals surface area contributed by atoms with Gasteiger partial charge in [-0.2, -0.15) is 0 Å². The molecule has 4 nitrogen and oxygen atoms in total. The Labute approximate surface area is 143 Å². The molecule has 0 aromatic heterocycles. The van der Waals surface area contributed by atoms with Crippen molar-refractivity contribution in [1.82, 2.24) is 4.90 Å². The Morgan fingerprint density at radius 1 is 1.12 bits per heavy atom. The molecular weight excluding hydrogens is 298 g/mol. The van der Waals surface area contributed by atoms with Gasteiger partial charge in [0.1, 0.15) is 0 Å². The highest BCUT2D eigenvalue weighted by Crippen LogP contribution is 2.40. The summed E-state index contributed by atoms with van der Waals surface area (Å²) < 4.78 is 0. The predicted molar refractivity (Wildman–Crippen MR) is 98.7 cm³/mol. The molecule has 2 aromatic rings. The first-order valence-corrected chi connectivity index (χ1v) is 8.46. The lowest BCUT2D eigenvalue weighted by Crippen LogP contribution is -2.25. The Balaban J connectivity index is 2.06. The van der Waals surface area contributed by atoms with Gasteiger partial charge in [0, 0.05) is 17.9 Å². The summed E-state index contributed by atoms with van der Waals surface area (Å²) >= 11 is 0. The second-order valence-corrected chi connectivity index (χ2v) is 6.66. The number of nitrogens with two attached hydrogens (primary N) is 1. The number of hydrogen-bond donors (Lipinski definition) is 1. The van der Waals surface area contributed by atoms with Gasteiger partial charge in [0.05, 0.1) is 5.92 Å². The highest BCUT2D eigenvalue weighted by molar-refractivity contribution is 5.87. The van der Waals surface area contributed by atoms with Crippen LogP contribution < -0.4 is 10.6 Å². The molecule has 0 unspecified atom stereocenters. The van der Waals surface area contributed by atoms with E-state index in [1.807, 2.05) is 24.3 Å². The summed E-state index contributed by atoms with van der Waals surface area (Å²) in [6.45, 7) is 1.94. The third kappa shape index (κ3) is 3.29. The van der Waals surface area contributed by atoms with Crippen LogP contribution in [0.2, 0.25) is 0 Å². The highest BCUT2D eigenvalue weighted by Gasteiger charge is 2.29. The van der Waals surface area contributed by atoms with Gasteiger partial charge in [-0.05, 0) is 56.7 Å². The normalized spacial score (nSPS) is 16.5. The number of carbonyl (C=O) groups is 1. The molecule has 0 spiro atoms. The predicted octanol–water partition coefficient (Wildman–Crippen LogP) is 2.90. The molecule has 24 heavy (non-hydrogen) atoms. The van der Waals surface area contributed by atoms with Gasteiger partial charge in [0.2, 0.25) is 5.91 Å². The smallest absolute Gasteiger partial charge is 0.225 e. The van der Waals surface area contributed by atoms with E-state index >= 15 is 0 Å². The maximum Gasteiger partial charge on any atom is 0.225 e. The van der Waals surface area contributed by atoms with Crippen molar-refractivity contribution >= 4 is 17.3 Å². The topological polar surface area (TPSA) is 49.6 Å². The second kappa shape index (κ2) is 7.05. The minimum absolute atomic E-state index is 0.257. The van der Waals surface area contributed by atoms with Crippen LogP contribution in [0.3, 0.4) is 0 Å². The molecule has 0 bridgehead atoms. The van der Waals surface area contributed by atoms with Gasteiger partial charge < -0.3 is 15.5 Å². The molecule has 0 saturated carbocycles. The van der Waals surface area contributed by atoms with E-state index in [4.69, 9.17) is 5.73 Å². The fourth-order valence-corrected chi connectivity index (χ4v) is 3.47. The third-order valence-corrected chi connectivity index (χ3v) is 4.64. The lowest BCUT2D eigenvalue weighted by molar-refractivity contribution is -0.119. The number of hydrogen-bond acceptors (Lipinski definition) is 3. The Morgan fingerprint density at radius 3 is 2.50 bits per heavy atom. The average molecular weight is 323 g/mol. The van der Waals surface area contributed by atoms with Gasteiger partial charge >= 0.3 is 0 Å². The number of amides is 1. The number of carbonyl (C=O) groups excluding carboxylic acids is 1. The zero-order valence-electron chi connectivity index (χ0n) is 14.4. The first kappa shape index (κ1) is 16.5. The summed E-state index contributed by atoms with van der Waals surface area (Å²) in [6, 6.07) is 16.5. The van der Waals surface area contributed by atoms with Crippen LogP contribution in [0, 0.1) is 0 Å². The number of nitrogens with zero attached hydrogens (tertiary/aromatic N) is 2. The van der Waals surface area contributed by atoms with E-state index < -0.39 is 0 Å². The minimum Gasteiger partial charge on any atom is -0.369 e. The molecule has 2 N–H and O–H groups in total. The van der Waals surface area contributed by atoms with Crippen molar-refractivity contribution in [1.29, 1.82) is 0 Å². The van der Waals surface area contributed by atoms with Crippen molar-refractivity contribution in [3.05, 3.63) is 59.7 Å². The quantitative estimate of drug-likeness (QED) is 0.920. The molecular formula is C20H25N3O. The van der Waals surface area contributed by atoms with E-state index in [1.165, 1.54) is 11.3 Å². The fourth-order valence-electron chi connectivity index (χ4n) is 3.47. The number of anilines is 2. The molecule has 0 saturated heterocycles. The van der Waals surface area contributed by atoms with Crippen LogP contribution in [0.4, 0.5) is 11.4 Å². The zero-order valence-corrected chi connectivity index (χ0v) is 14.4. The van der Waals surface area contributed by atoms with E-state index in [0.717, 1.165) is 30.8 Å². The lowest BCUT2D eigenvalue weighted by atomic mass is 9.91. The molecule has 4 heteroatoms. The summed E-state index contributed by atoms with van der Waals surface area (Å²) in [5, 5.41) is 0. The maximum absolute atomic E-state index is 12.1. The Bertz CT molecular complexity index is 726. The van der Waals surface area contributed by atoms with Crippen molar-refractivity contribution in [2.45, 2.75) is 18.8 Å². The summed E-state index contributed by atoms with van der Waals surface area (Å²) in [5.74, 6) is -0.534. The molecule has 1 atom stereocenters. The maximum atomic E-state index is 12.1. The van der Waals surface area contributed by atoms with Crippen molar-refractivity contribution in [3.63, 3.8) is 0 Å². The number of rotatable bonds is 5. The van der Waals surface area contributed by atoms with E-state index in [9.17, 15) is 4.79 Å². The minimum atomic E-state index is -0.277. The number of primary amides is 1. The Morgan fingerprint density at radius 2 is 1.79 bits per heavy atom. The van der Waals surface area contributed by atoms with Crippen molar-refractivity contribution in [2.24, 2.45) is 5.73 Å². The molecule has 126 valence electrons. The van der Waals surface area contributed by atoms with E-state index in [0.29, 0.717) is 6.42 Å². The standard InChI is InChI=1S/C20H25N3O/c1-22(2)12-7-13-23-18-10-5-3-8-15(18)14-17(20(21)24)16-9-4-6-11-19(16)23/h3-6,8-11,17H,7,12-14H2,1-2H3,(H2,21,24)/t17-/m1/s1. The monoisotopic (exact) mass is 323 g/mol. The van der Waals surface area contributed by atoms with Crippen LogP contribution in [-0.2, 0) is 11.2 Å². The largest absolute Gasteiger partial charge is 0.369 e.